The SMILES string of the molecule is CCc1cccc(CC)c1NC(=O)COC(=O)CN1C(=O)c2ccccc2C1=O. The summed E-state index contributed by atoms with van der Waals surface area (Å²) in [6.07, 6.45) is 1.51. The van der Waals surface area contributed by atoms with Gasteiger partial charge in [-0.1, -0.05) is 44.2 Å². The Hall–Kier alpha value is -3.48. The van der Waals surface area contributed by atoms with Crippen LogP contribution in [0.1, 0.15) is 45.7 Å². The maximum absolute atomic E-state index is 12.3. The molecule has 0 spiro atoms. The summed E-state index contributed by atoms with van der Waals surface area (Å²) in [5, 5.41) is 2.80. The highest BCUT2D eigenvalue weighted by molar-refractivity contribution is 6.22. The largest absolute Gasteiger partial charge is 0.454 e. The molecule has 0 unspecified atom stereocenters. The maximum atomic E-state index is 12.3. The van der Waals surface area contributed by atoms with Gasteiger partial charge in [0.15, 0.2) is 6.61 Å². The number of amides is 3. The third-order valence-corrected chi connectivity index (χ3v) is 4.79. The molecule has 0 aromatic heterocycles. The minimum absolute atomic E-state index is 0.256. The number of fused-ring (bicyclic) bond motifs is 1. The molecule has 1 N–H and O–H groups in total. The molecule has 1 aliphatic rings. The summed E-state index contributed by atoms with van der Waals surface area (Å²) >= 11 is 0. The molecule has 0 bridgehead atoms. The second kappa shape index (κ2) is 8.68. The molecule has 3 amide bonds. The Bertz CT molecular complexity index is 926. The molecule has 3 rings (SSSR count). The number of rotatable bonds is 7. The first kappa shape index (κ1) is 20.3. The van der Waals surface area contributed by atoms with E-state index in [4.69, 9.17) is 4.74 Å². The zero-order valence-corrected chi connectivity index (χ0v) is 16.4. The molecule has 1 heterocycles. The Balaban J connectivity index is 1.58. The molecule has 150 valence electrons. The van der Waals surface area contributed by atoms with Crippen LogP contribution in [0.4, 0.5) is 5.69 Å². The number of hydrogen-bond donors (Lipinski definition) is 1. The van der Waals surface area contributed by atoms with Crippen LogP contribution in [-0.4, -0.2) is 41.7 Å². The zero-order chi connectivity index (χ0) is 21.0. The molecule has 2 aromatic rings. The van der Waals surface area contributed by atoms with Gasteiger partial charge in [-0.2, -0.15) is 0 Å². The van der Waals surface area contributed by atoms with Crippen molar-refractivity contribution in [3.63, 3.8) is 0 Å². The lowest BCUT2D eigenvalue weighted by molar-refractivity contribution is -0.147. The number of nitrogens with one attached hydrogen (secondary N) is 1. The smallest absolute Gasteiger partial charge is 0.326 e. The number of benzene rings is 2. The van der Waals surface area contributed by atoms with Gasteiger partial charge in [0, 0.05) is 5.69 Å². The number of anilines is 1. The van der Waals surface area contributed by atoms with Gasteiger partial charge in [0.2, 0.25) is 0 Å². The topological polar surface area (TPSA) is 92.8 Å². The minimum Gasteiger partial charge on any atom is -0.454 e. The van der Waals surface area contributed by atoms with Gasteiger partial charge in [-0.25, -0.2) is 0 Å². The minimum atomic E-state index is -0.825. The Morgan fingerprint density at radius 1 is 0.897 bits per heavy atom. The van der Waals surface area contributed by atoms with E-state index in [-0.39, 0.29) is 11.1 Å². The lowest BCUT2D eigenvalue weighted by Gasteiger charge is -2.15. The van der Waals surface area contributed by atoms with Crippen LogP contribution in [0.3, 0.4) is 0 Å². The molecule has 0 fully saturated rings. The van der Waals surface area contributed by atoms with Crippen molar-refractivity contribution in [2.75, 3.05) is 18.5 Å². The molecule has 0 aliphatic carbocycles. The first-order valence-electron chi connectivity index (χ1n) is 9.47. The number of imide groups is 1. The van der Waals surface area contributed by atoms with E-state index >= 15 is 0 Å². The van der Waals surface area contributed by atoms with Crippen LogP contribution in [-0.2, 0) is 27.2 Å². The lowest BCUT2D eigenvalue weighted by atomic mass is 10.0. The maximum Gasteiger partial charge on any atom is 0.326 e. The second-order valence-corrected chi connectivity index (χ2v) is 6.61. The highest BCUT2D eigenvalue weighted by Gasteiger charge is 2.36. The van der Waals surface area contributed by atoms with Crippen LogP contribution in [0, 0.1) is 0 Å². The number of esters is 1. The Labute approximate surface area is 168 Å². The predicted octanol–water partition coefficient (Wildman–Crippen LogP) is 2.59. The molecule has 7 heteroatoms. The van der Waals surface area contributed by atoms with E-state index in [2.05, 4.69) is 5.32 Å². The summed E-state index contributed by atoms with van der Waals surface area (Å²) in [4.78, 5) is 49.7. The summed E-state index contributed by atoms with van der Waals surface area (Å²) in [6.45, 7) is 2.95. The summed E-state index contributed by atoms with van der Waals surface area (Å²) in [5.74, 6) is -2.39. The van der Waals surface area contributed by atoms with Gasteiger partial charge >= 0.3 is 5.97 Å². The van der Waals surface area contributed by atoms with E-state index in [1.165, 1.54) is 12.1 Å². The normalized spacial score (nSPS) is 12.7. The van der Waals surface area contributed by atoms with Gasteiger partial charge in [-0.15, -0.1) is 0 Å². The highest BCUT2D eigenvalue weighted by Crippen LogP contribution is 2.23. The molecular weight excluding hydrogens is 372 g/mol. The van der Waals surface area contributed by atoms with Crippen molar-refractivity contribution in [2.45, 2.75) is 26.7 Å². The average Bonchev–Trinajstić information content (AvgIpc) is 2.97. The molecule has 0 saturated heterocycles. The Kier molecular flexibility index (Phi) is 6.07. The van der Waals surface area contributed by atoms with Crippen molar-refractivity contribution >= 4 is 29.4 Å². The molecule has 0 saturated carbocycles. The first-order valence-corrected chi connectivity index (χ1v) is 9.47. The zero-order valence-electron chi connectivity index (χ0n) is 16.4. The first-order chi connectivity index (χ1) is 14.0. The molecule has 0 atom stereocenters. The van der Waals surface area contributed by atoms with Gasteiger partial charge in [0.05, 0.1) is 11.1 Å². The van der Waals surface area contributed by atoms with Gasteiger partial charge in [0.25, 0.3) is 17.7 Å². The van der Waals surface area contributed by atoms with Crippen molar-refractivity contribution in [3.05, 3.63) is 64.7 Å². The van der Waals surface area contributed by atoms with Gasteiger partial charge in [0.1, 0.15) is 6.54 Å². The number of nitrogens with zero attached hydrogens (tertiary/aromatic N) is 1. The fourth-order valence-electron chi connectivity index (χ4n) is 3.28. The van der Waals surface area contributed by atoms with Gasteiger partial charge in [-0.05, 0) is 36.1 Å². The molecule has 1 aliphatic heterocycles. The summed E-state index contributed by atoms with van der Waals surface area (Å²) < 4.78 is 4.98. The standard InChI is InChI=1S/C22H22N2O5/c1-3-14-8-7-9-15(4-2)20(14)23-18(25)13-29-19(26)12-24-21(27)16-10-5-6-11-17(16)22(24)28/h5-11H,3-4,12-13H2,1-2H3,(H,23,25). The van der Waals surface area contributed by atoms with Crippen LogP contribution >= 0.6 is 0 Å². The number of hydrogen-bond acceptors (Lipinski definition) is 5. The second-order valence-electron chi connectivity index (χ2n) is 6.61. The number of carbonyl (C=O) groups excluding carboxylic acids is 4. The molecule has 2 aromatic carbocycles. The predicted molar refractivity (Wildman–Crippen MR) is 107 cm³/mol. The molecule has 29 heavy (non-hydrogen) atoms. The van der Waals surface area contributed by atoms with E-state index in [1.54, 1.807) is 12.1 Å². The van der Waals surface area contributed by atoms with Crippen LogP contribution in [0.5, 0.6) is 0 Å². The van der Waals surface area contributed by atoms with E-state index in [0.29, 0.717) is 0 Å². The molecule has 0 radical (unpaired) electrons. The fourth-order valence-corrected chi connectivity index (χ4v) is 3.28. The van der Waals surface area contributed by atoms with Crippen LogP contribution < -0.4 is 5.32 Å². The van der Waals surface area contributed by atoms with Crippen LogP contribution in [0.15, 0.2) is 42.5 Å². The van der Waals surface area contributed by atoms with E-state index in [9.17, 15) is 19.2 Å². The number of ether oxygens (including phenoxy) is 1. The number of aryl methyl sites for hydroxylation is 2. The summed E-state index contributed by atoms with van der Waals surface area (Å²) in [5.41, 5.74) is 3.24. The number of para-hydroxylation sites is 1. The van der Waals surface area contributed by atoms with Gasteiger partial charge < -0.3 is 10.1 Å². The van der Waals surface area contributed by atoms with E-state index in [1.807, 2.05) is 32.0 Å². The molecular formula is C22H22N2O5. The fraction of sp³-hybridized carbons (Fsp3) is 0.273. The van der Waals surface area contributed by atoms with Crippen molar-refractivity contribution in [3.8, 4) is 0 Å². The van der Waals surface area contributed by atoms with Crippen molar-refractivity contribution in [2.24, 2.45) is 0 Å². The summed E-state index contributed by atoms with van der Waals surface area (Å²) in [7, 11) is 0. The van der Waals surface area contributed by atoms with E-state index in [0.717, 1.165) is 34.6 Å². The van der Waals surface area contributed by atoms with Crippen LogP contribution in [0.25, 0.3) is 0 Å². The third kappa shape index (κ3) is 4.18. The van der Waals surface area contributed by atoms with Crippen molar-refractivity contribution < 1.29 is 23.9 Å². The van der Waals surface area contributed by atoms with Crippen molar-refractivity contribution in [1.82, 2.24) is 4.90 Å². The average molecular weight is 394 g/mol. The third-order valence-electron chi connectivity index (χ3n) is 4.79. The number of carbonyl (C=O) groups is 4. The monoisotopic (exact) mass is 394 g/mol. The van der Waals surface area contributed by atoms with Crippen molar-refractivity contribution in [1.29, 1.82) is 0 Å². The summed E-state index contributed by atoms with van der Waals surface area (Å²) in [6, 6.07) is 12.2. The lowest BCUT2D eigenvalue weighted by Crippen LogP contribution is -2.36. The Morgan fingerprint density at radius 3 is 1.97 bits per heavy atom. The highest BCUT2D eigenvalue weighted by atomic mass is 16.5. The van der Waals surface area contributed by atoms with Gasteiger partial charge in [-0.3, -0.25) is 24.1 Å². The van der Waals surface area contributed by atoms with E-state index < -0.39 is 36.8 Å². The quantitative estimate of drug-likeness (QED) is 0.576. The Morgan fingerprint density at radius 2 is 1.45 bits per heavy atom. The van der Waals surface area contributed by atoms with Crippen LogP contribution in [0.2, 0.25) is 0 Å². The molecule has 7 nitrogen and oxygen atoms in total.